The normalized spacial score (nSPS) is 17.9. The monoisotopic (exact) mass is 470 g/mol. The van der Waals surface area contributed by atoms with Crippen molar-refractivity contribution >= 4 is 23.1 Å². The number of morpholine rings is 1. The molecule has 33 heavy (non-hydrogen) atoms. The first-order valence-corrected chi connectivity index (χ1v) is 11.5. The van der Waals surface area contributed by atoms with Gasteiger partial charge in [-0.25, -0.2) is 0 Å². The molecular weight excluding hydrogens is 440 g/mol. The Morgan fingerprint density at radius 3 is 2.48 bits per heavy atom. The van der Waals surface area contributed by atoms with E-state index in [1.165, 1.54) is 25.2 Å². The molecule has 0 saturated carbocycles. The van der Waals surface area contributed by atoms with E-state index in [1.807, 2.05) is 0 Å². The van der Waals surface area contributed by atoms with Crippen LogP contribution >= 0.6 is 12.2 Å². The molecule has 0 spiro atoms. The summed E-state index contributed by atoms with van der Waals surface area (Å²) >= 11 is 5.72. The minimum atomic E-state index is -0.199. The average molecular weight is 471 g/mol. The molecule has 8 heteroatoms. The lowest BCUT2D eigenvalue weighted by atomic mass is 10.1. The van der Waals surface area contributed by atoms with Gasteiger partial charge in [-0.05, 0) is 55.2 Å². The highest BCUT2D eigenvalue weighted by molar-refractivity contribution is 7.80. The highest BCUT2D eigenvalue weighted by Crippen LogP contribution is 2.40. The molecule has 7 nitrogen and oxygen atoms in total. The molecular formula is C25H30N2O5S. The molecule has 1 N–H and O–H groups in total. The number of Topliss-reactive ketones (excluding diaryl/α,β-unsaturated/α-hetero) is 1. The molecule has 1 fully saturated rings. The van der Waals surface area contributed by atoms with E-state index in [4.69, 9.17) is 31.2 Å². The van der Waals surface area contributed by atoms with Crippen LogP contribution in [0.4, 0.5) is 0 Å². The Balaban J connectivity index is 1.37. The Hall–Kier alpha value is -2.84. The van der Waals surface area contributed by atoms with Crippen molar-refractivity contribution in [1.82, 2.24) is 10.2 Å². The minimum Gasteiger partial charge on any atom is -0.493 e. The zero-order valence-corrected chi connectivity index (χ0v) is 20.1. The third-order valence-corrected chi connectivity index (χ3v) is 6.47. The van der Waals surface area contributed by atoms with Crippen molar-refractivity contribution in [3.8, 4) is 17.2 Å². The largest absolute Gasteiger partial charge is 0.493 e. The third kappa shape index (κ3) is 5.23. The molecule has 1 unspecified atom stereocenters. The molecule has 4 rings (SSSR count). The topological polar surface area (TPSA) is 69.3 Å². The average Bonchev–Trinajstić information content (AvgIpc) is 3.24. The summed E-state index contributed by atoms with van der Waals surface area (Å²) in [7, 11) is 3.08. The fourth-order valence-corrected chi connectivity index (χ4v) is 4.76. The number of hydrogen-bond donors (Lipinski definition) is 1. The maximum atomic E-state index is 12.1. The second-order valence-corrected chi connectivity index (χ2v) is 8.69. The van der Waals surface area contributed by atoms with Crippen molar-refractivity contribution in [2.24, 2.45) is 0 Å². The fraction of sp³-hybridized carbons (Fsp3) is 0.440. The maximum Gasteiger partial charge on any atom is 0.204 e. The summed E-state index contributed by atoms with van der Waals surface area (Å²) in [5.41, 5.74) is 3.22. The van der Waals surface area contributed by atoms with Gasteiger partial charge in [-0.2, -0.15) is 0 Å². The number of fused-ring (bicyclic) bond motifs is 1. The van der Waals surface area contributed by atoms with E-state index in [0.717, 1.165) is 24.5 Å². The number of hydrogen-bond acceptors (Lipinski definition) is 6. The predicted molar refractivity (Wildman–Crippen MR) is 130 cm³/mol. The van der Waals surface area contributed by atoms with E-state index in [0.29, 0.717) is 42.0 Å². The Kier molecular flexibility index (Phi) is 7.35. The number of carbonyl (C=O) groups is 1. The lowest BCUT2D eigenvalue weighted by molar-refractivity contribution is -0.0294. The molecule has 1 aliphatic heterocycles. The van der Waals surface area contributed by atoms with E-state index < -0.39 is 0 Å². The van der Waals surface area contributed by atoms with Crippen molar-refractivity contribution < 1.29 is 23.7 Å². The Bertz CT molecular complexity index is 1000. The molecule has 0 bridgehead atoms. The molecule has 2 aliphatic rings. The van der Waals surface area contributed by atoms with Crippen LogP contribution in [0.3, 0.4) is 0 Å². The van der Waals surface area contributed by atoms with Gasteiger partial charge in [0.05, 0.1) is 26.4 Å². The van der Waals surface area contributed by atoms with Crippen LogP contribution in [-0.4, -0.2) is 68.5 Å². The zero-order chi connectivity index (χ0) is 23.4. The van der Waals surface area contributed by atoms with Crippen LogP contribution in [0.2, 0.25) is 0 Å². The molecule has 0 radical (unpaired) electrons. The van der Waals surface area contributed by atoms with Crippen molar-refractivity contribution in [3.63, 3.8) is 0 Å². The number of rotatable bonds is 7. The van der Waals surface area contributed by atoms with Crippen LogP contribution < -0.4 is 19.5 Å². The summed E-state index contributed by atoms with van der Waals surface area (Å²) in [5.74, 6) is 1.16. The number of methoxy groups -OCH3 is 2. The highest BCUT2D eigenvalue weighted by atomic mass is 32.1. The van der Waals surface area contributed by atoms with Gasteiger partial charge < -0.3 is 29.2 Å². The highest BCUT2D eigenvalue weighted by Gasteiger charge is 2.28. The minimum absolute atomic E-state index is 0.111. The molecule has 0 amide bonds. The molecule has 1 heterocycles. The molecule has 1 saturated heterocycles. The number of ether oxygens (including phenoxy) is 4. The number of ketones is 1. The molecule has 176 valence electrons. The van der Waals surface area contributed by atoms with Crippen molar-refractivity contribution in [3.05, 3.63) is 53.1 Å². The third-order valence-electron chi connectivity index (χ3n) is 6.10. The smallest absolute Gasteiger partial charge is 0.204 e. The van der Waals surface area contributed by atoms with Crippen molar-refractivity contribution in [1.29, 1.82) is 0 Å². The molecule has 1 aliphatic carbocycles. The summed E-state index contributed by atoms with van der Waals surface area (Å²) in [6.45, 7) is 3.64. The summed E-state index contributed by atoms with van der Waals surface area (Å²) in [6.07, 6.45) is 1.77. The van der Waals surface area contributed by atoms with Gasteiger partial charge in [-0.15, -0.1) is 0 Å². The van der Waals surface area contributed by atoms with Gasteiger partial charge in [0.1, 0.15) is 12.7 Å². The van der Waals surface area contributed by atoms with Gasteiger partial charge in [0.25, 0.3) is 0 Å². The molecule has 1 atom stereocenters. The van der Waals surface area contributed by atoms with E-state index in [1.54, 1.807) is 19.2 Å². The maximum absolute atomic E-state index is 12.1. The van der Waals surface area contributed by atoms with Gasteiger partial charge in [0, 0.05) is 19.1 Å². The summed E-state index contributed by atoms with van der Waals surface area (Å²) in [4.78, 5) is 14.3. The van der Waals surface area contributed by atoms with Crippen LogP contribution in [0.15, 0.2) is 36.4 Å². The van der Waals surface area contributed by atoms with Gasteiger partial charge in [-0.3, -0.25) is 4.79 Å². The van der Waals surface area contributed by atoms with Gasteiger partial charge in [0.15, 0.2) is 22.4 Å². The van der Waals surface area contributed by atoms with Gasteiger partial charge >= 0.3 is 0 Å². The van der Waals surface area contributed by atoms with Crippen molar-refractivity contribution in [2.45, 2.75) is 31.9 Å². The summed E-state index contributed by atoms with van der Waals surface area (Å²) < 4.78 is 22.8. The van der Waals surface area contributed by atoms with Crippen LogP contribution in [0.25, 0.3) is 0 Å². The second kappa shape index (κ2) is 10.4. The Labute approximate surface area is 200 Å². The first kappa shape index (κ1) is 23.3. The standard InChI is InChI=1S/C25H30N2O5S/c1-16(28)21-8-9-22(29-2)24(30-3)23(21)32-15-20-14-27(10-11-31-20)25(33)26-19-12-17-6-4-5-7-18(17)13-19/h4-9,19-20H,10-15H2,1-3H3,(H,26,33). The van der Waals surface area contributed by atoms with Crippen LogP contribution in [0.1, 0.15) is 28.4 Å². The van der Waals surface area contributed by atoms with Crippen LogP contribution in [-0.2, 0) is 17.6 Å². The summed E-state index contributed by atoms with van der Waals surface area (Å²) in [5, 5.41) is 4.27. The summed E-state index contributed by atoms with van der Waals surface area (Å²) in [6, 6.07) is 12.2. The predicted octanol–water partition coefficient (Wildman–Crippen LogP) is 3.03. The Morgan fingerprint density at radius 2 is 1.85 bits per heavy atom. The van der Waals surface area contributed by atoms with Gasteiger partial charge in [-0.1, -0.05) is 24.3 Å². The van der Waals surface area contributed by atoms with E-state index in [9.17, 15) is 4.79 Å². The Morgan fingerprint density at radius 1 is 1.12 bits per heavy atom. The van der Waals surface area contributed by atoms with Crippen molar-refractivity contribution in [2.75, 3.05) is 40.5 Å². The molecule has 2 aromatic rings. The van der Waals surface area contributed by atoms with Crippen LogP contribution in [0.5, 0.6) is 17.2 Å². The van der Waals surface area contributed by atoms with E-state index in [2.05, 4.69) is 34.5 Å². The molecule has 0 aromatic heterocycles. The number of nitrogens with zero attached hydrogens (tertiary/aromatic N) is 1. The van der Waals surface area contributed by atoms with E-state index >= 15 is 0 Å². The fourth-order valence-electron chi connectivity index (χ4n) is 4.43. The SMILES string of the molecule is COc1ccc(C(C)=O)c(OCC2CN(C(=S)NC3Cc4ccccc4C3)CCO2)c1OC. The number of benzene rings is 2. The van der Waals surface area contributed by atoms with E-state index in [-0.39, 0.29) is 18.5 Å². The second-order valence-electron chi connectivity index (χ2n) is 8.31. The number of thiocarbonyl (C=S) groups is 1. The quantitative estimate of drug-likeness (QED) is 0.489. The first-order chi connectivity index (χ1) is 16.0. The lowest BCUT2D eigenvalue weighted by Crippen LogP contribution is -2.53. The molecule has 2 aromatic carbocycles. The first-order valence-electron chi connectivity index (χ1n) is 11.1. The number of nitrogens with one attached hydrogen (secondary N) is 1. The number of carbonyl (C=O) groups excluding carboxylic acids is 1. The zero-order valence-electron chi connectivity index (χ0n) is 19.3. The van der Waals surface area contributed by atoms with Gasteiger partial charge in [0.2, 0.25) is 5.75 Å². The lowest BCUT2D eigenvalue weighted by Gasteiger charge is -2.35. The van der Waals surface area contributed by atoms with Crippen LogP contribution in [0, 0.1) is 0 Å².